The second-order valence-corrected chi connectivity index (χ2v) is 8.94. The van der Waals surface area contributed by atoms with Gasteiger partial charge in [-0.3, -0.25) is 4.79 Å². The fourth-order valence-electron chi connectivity index (χ4n) is 4.34. The number of amidine groups is 1. The van der Waals surface area contributed by atoms with Crippen LogP contribution in [0.1, 0.15) is 37.8 Å². The molecule has 10 heteroatoms. The van der Waals surface area contributed by atoms with Crippen molar-refractivity contribution in [3.05, 3.63) is 46.1 Å². The van der Waals surface area contributed by atoms with Crippen molar-refractivity contribution in [2.75, 3.05) is 34.5 Å². The minimum absolute atomic E-state index is 0.0656. The standard InChI is InChI=1S/C24H29N3O6S/c1-14-21(23(29)32-4)22(18-8-7-16(30-2)11-19(18)31-3)27-15(13-34-24(27)26-14)10-20(28)25-12-17-6-5-9-33-17/h7-8,11,13,17,22H,5-6,9-10,12H2,1-4H3,(H,25,28)/t17-,22+/m0/s1. The summed E-state index contributed by atoms with van der Waals surface area (Å²) in [7, 11) is 4.49. The molecule has 3 aliphatic heterocycles. The quantitative estimate of drug-likeness (QED) is 0.559. The zero-order chi connectivity index (χ0) is 24.2. The maximum Gasteiger partial charge on any atom is 0.338 e. The van der Waals surface area contributed by atoms with Crippen molar-refractivity contribution in [1.29, 1.82) is 0 Å². The van der Waals surface area contributed by atoms with Gasteiger partial charge in [0.05, 0.1) is 51.2 Å². The van der Waals surface area contributed by atoms with E-state index in [4.69, 9.17) is 18.9 Å². The Kier molecular flexibility index (Phi) is 7.47. The highest BCUT2D eigenvalue weighted by Gasteiger charge is 2.42. The lowest BCUT2D eigenvalue weighted by Gasteiger charge is -2.36. The molecule has 1 amide bonds. The van der Waals surface area contributed by atoms with E-state index in [1.54, 1.807) is 27.2 Å². The minimum Gasteiger partial charge on any atom is -0.497 e. The maximum absolute atomic E-state index is 12.9. The molecule has 0 bridgehead atoms. The Labute approximate surface area is 203 Å². The molecule has 2 atom stereocenters. The van der Waals surface area contributed by atoms with Gasteiger partial charge < -0.3 is 29.2 Å². The topological polar surface area (TPSA) is 98.7 Å². The van der Waals surface area contributed by atoms with Crippen LogP contribution in [0.25, 0.3) is 0 Å². The number of rotatable bonds is 8. The van der Waals surface area contributed by atoms with Gasteiger partial charge in [-0.25, -0.2) is 9.79 Å². The summed E-state index contributed by atoms with van der Waals surface area (Å²) < 4.78 is 21.7. The number of carbonyl (C=O) groups excluding carboxylic acids is 2. The Hall–Kier alpha value is -2.98. The zero-order valence-corrected chi connectivity index (χ0v) is 20.6. The predicted octanol–water partition coefficient (Wildman–Crippen LogP) is 3.14. The summed E-state index contributed by atoms with van der Waals surface area (Å²) >= 11 is 1.42. The minimum atomic E-state index is -0.576. The zero-order valence-electron chi connectivity index (χ0n) is 19.8. The summed E-state index contributed by atoms with van der Waals surface area (Å²) in [5.41, 5.74) is 2.43. The van der Waals surface area contributed by atoms with Gasteiger partial charge >= 0.3 is 5.97 Å². The molecule has 0 unspecified atom stereocenters. The van der Waals surface area contributed by atoms with Gasteiger partial charge in [0.15, 0.2) is 5.17 Å². The van der Waals surface area contributed by atoms with Gasteiger partial charge in [-0.15, -0.1) is 0 Å². The van der Waals surface area contributed by atoms with Crippen LogP contribution < -0.4 is 14.8 Å². The van der Waals surface area contributed by atoms with Crippen molar-refractivity contribution in [2.45, 2.75) is 38.3 Å². The van der Waals surface area contributed by atoms with Gasteiger partial charge in [-0.05, 0) is 37.3 Å². The number of ether oxygens (including phenoxy) is 4. The molecule has 0 saturated carbocycles. The van der Waals surface area contributed by atoms with Crippen molar-refractivity contribution >= 4 is 28.8 Å². The van der Waals surface area contributed by atoms with Gasteiger partial charge in [0.1, 0.15) is 11.5 Å². The van der Waals surface area contributed by atoms with E-state index in [1.807, 2.05) is 22.4 Å². The van der Waals surface area contributed by atoms with Crippen LogP contribution in [0.3, 0.4) is 0 Å². The molecular formula is C24H29N3O6S. The van der Waals surface area contributed by atoms with E-state index in [9.17, 15) is 9.59 Å². The largest absolute Gasteiger partial charge is 0.497 e. The van der Waals surface area contributed by atoms with Crippen LogP contribution in [0.5, 0.6) is 11.5 Å². The van der Waals surface area contributed by atoms with Gasteiger partial charge in [-0.1, -0.05) is 11.8 Å². The van der Waals surface area contributed by atoms with Gasteiger partial charge in [0, 0.05) is 30.5 Å². The van der Waals surface area contributed by atoms with Gasteiger partial charge in [0.25, 0.3) is 0 Å². The van der Waals surface area contributed by atoms with E-state index in [1.165, 1.54) is 18.9 Å². The second-order valence-electron chi connectivity index (χ2n) is 8.11. The predicted molar refractivity (Wildman–Crippen MR) is 129 cm³/mol. The van der Waals surface area contributed by atoms with Crippen LogP contribution in [0.4, 0.5) is 0 Å². The van der Waals surface area contributed by atoms with Crippen molar-refractivity contribution in [3.63, 3.8) is 0 Å². The number of nitrogens with zero attached hydrogens (tertiary/aromatic N) is 2. The van der Waals surface area contributed by atoms with E-state index in [-0.39, 0.29) is 18.4 Å². The van der Waals surface area contributed by atoms with Crippen LogP contribution in [0.2, 0.25) is 0 Å². The number of fused-ring (bicyclic) bond motifs is 1. The number of hydrogen-bond donors (Lipinski definition) is 1. The molecule has 0 radical (unpaired) electrons. The van der Waals surface area contributed by atoms with E-state index < -0.39 is 12.0 Å². The third kappa shape index (κ3) is 4.78. The normalized spacial score (nSPS) is 21.6. The average molecular weight is 488 g/mol. The first-order valence-electron chi connectivity index (χ1n) is 11.1. The molecule has 1 aromatic carbocycles. The molecule has 1 saturated heterocycles. The number of thioether (sulfide) groups is 1. The molecule has 4 rings (SSSR count). The summed E-state index contributed by atoms with van der Waals surface area (Å²) in [5, 5.41) is 5.56. The Morgan fingerprint density at radius 3 is 2.76 bits per heavy atom. The van der Waals surface area contributed by atoms with Gasteiger partial charge in [0.2, 0.25) is 5.91 Å². The molecule has 3 heterocycles. The number of esters is 1. The molecule has 34 heavy (non-hydrogen) atoms. The third-order valence-corrected chi connectivity index (χ3v) is 6.92. The number of allylic oxidation sites excluding steroid dienone is 1. The number of aliphatic imine (C=N–C) groups is 1. The smallest absolute Gasteiger partial charge is 0.338 e. The second kappa shape index (κ2) is 10.5. The van der Waals surface area contributed by atoms with Crippen LogP contribution in [0.15, 0.2) is 45.6 Å². The summed E-state index contributed by atoms with van der Waals surface area (Å²) in [4.78, 5) is 32.2. The monoisotopic (exact) mass is 487 g/mol. The molecule has 1 fully saturated rings. The lowest BCUT2D eigenvalue weighted by atomic mass is 9.93. The maximum atomic E-state index is 12.9. The number of carbonyl (C=O) groups is 2. The Bertz CT molecular complexity index is 1060. The highest BCUT2D eigenvalue weighted by molar-refractivity contribution is 8.16. The number of methoxy groups -OCH3 is 3. The van der Waals surface area contributed by atoms with Crippen LogP contribution in [-0.2, 0) is 19.1 Å². The molecule has 0 aromatic heterocycles. The van der Waals surface area contributed by atoms with Crippen molar-refractivity contribution in [1.82, 2.24) is 10.2 Å². The lowest BCUT2D eigenvalue weighted by Crippen LogP contribution is -2.38. The molecule has 0 aliphatic carbocycles. The first kappa shape index (κ1) is 24.2. The highest BCUT2D eigenvalue weighted by Crippen LogP contribution is 2.47. The molecular weight excluding hydrogens is 458 g/mol. The number of hydrogen-bond acceptors (Lipinski definition) is 9. The van der Waals surface area contributed by atoms with Crippen LogP contribution >= 0.6 is 11.8 Å². The van der Waals surface area contributed by atoms with Gasteiger partial charge in [-0.2, -0.15) is 0 Å². The molecule has 0 spiro atoms. The van der Waals surface area contributed by atoms with E-state index in [0.29, 0.717) is 34.5 Å². The summed E-state index contributed by atoms with van der Waals surface area (Å²) in [6.45, 7) is 3.01. The lowest BCUT2D eigenvalue weighted by molar-refractivity contribution is -0.136. The Morgan fingerprint density at radius 2 is 2.09 bits per heavy atom. The van der Waals surface area contributed by atoms with Crippen molar-refractivity contribution < 1.29 is 28.5 Å². The molecule has 1 N–H and O–H groups in total. The first-order chi connectivity index (χ1) is 16.5. The third-order valence-electron chi connectivity index (χ3n) is 6.03. The highest BCUT2D eigenvalue weighted by atomic mass is 32.2. The fraction of sp³-hybridized carbons (Fsp3) is 0.458. The Balaban J connectivity index is 1.66. The molecule has 1 aromatic rings. The van der Waals surface area contributed by atoms with Crippen molar-refractivity contribution in [2.24, 2.45) is 4.99 Å². The summed E-state index contributed by atoms with van der Waals surface area (Å²) in [6.07, 6.45) is 2.17. The average Bonchev–Trinajstić information content (AvgIpc) is 3.51. The Morgan fingerprint density at radius 1 is 1.26 bits per heavy atom. The molecule has 3 aliphatic rings. The van der Waals surface area contributed by atoms with E-state index in [0.717, 1.165) is 30.7 Å². The van der Waals surface area contributed by atoms with Crippen molar-refractivity contribution in [3.8, 4) is 11.5 Å². The summed E-state index contributed by atoms with van der Waals surface area (Å²) in [6, 6.07) is 4.87. The summed E-state index contributed by atoms with van der Waals surface area (Å²) in [5.74, 6) is 0.585. The number of nitrogens with one attached hydrogen (secondary N) is 1. The SMILES string of the molecule is COC(=O)C1=C(C)N=C2SC=C(CC(=O)NC[C@@H]3CCCO3)N2[C@@H]1c1ccc(OC)cc1OC. The first-order valence-corrected chi connectivity index (χ1v) is 12.0. The van der Waals surface area contributed by atoms with E-state index in [2.05, 4.69) is 10.3 Å². The van der Waals surface area contributed by atoms with Crippen LogP contribution in [-0.4, -0.2) is 62.5 Å². The van der Waals surface area contributed by atoms with E-state index >= 15 is 0 Å². The molecule has 182 valence electrons. The van der Waals surface area contributed by atoms with Crippen LogP contribution in [0, 0.1) is 0 Å². The number of benzene rings is 1. The fourth-order valence-corrected chi connectivity index (χ4v) is 5.30. The molecule has 9 nitrogen and oxygen atoms in total. The number of amides is 1.